The number of aryl methyl sites for hydroxylation is 1. The van der Waals surface area contributed by atoms with Gasteiger partial charge in [0, 0.05) is 17.6 Å². The third kappa shape index (κ3) is 7.20. The molecule has 0 fully saturated rings. The minimum atomic E-state index is -3.77. The maximum Gasteiger partial charge on any atom is 0.244 e. The lowest BCUT2D eigenvalue weighted by Gasteiger charge is -2.32. The van der Waals surface area contributed by atoms with Crippen molar-refractivity contribution in [3.8, 4) is 0 Å². The number of amides is 2. The number of carbonyl (C=O) groups excluding carboxylic acids is 2. The molecule has 1 atom stereocenters. The molecule has 0 aliphatic carbocycles. The van der Waals surface area contributed by atoms with Crippen molar-refractivity contribution >= 4 is 39.1 Å². The Kier molecular flexibility index (Phi) is 9.31. The number of para-hydroxylation sites is 1. The molecule has 2 aromatic rings. The Hall–Kier alpha value is -2.58. The number of sulfonamides is 1. The number of hydrogen-bond acceptors (Lipinski definition) is 4. The zero-order valence-electron chi connectivity index (χ0n) is 19.7. The quantitative estimate of drug-likeness (QED) is 0.547. The molecule has 33 heavy (non-hydrogen) atoms. The molecule has 0 saturated heterocycles. The molecule has 0 aromatic heterocycles. The summed E-state index contributed by atoms with van der Waals surface area (Å²) in [6, 6.07) is 13.2. The predicted octanol–water partition coefficient (Wildman–Crippen LogP) is 3.61. The molecule has 0 spiro atoms. The Labute approximate surface area is 201 Å². The van der Waals surface area contributed by atoms with E-state index in [-0.39, 0.29) is 18.5 Å². The van der Waals surface area contributed by atoms with Crippen LogP contribution in [0, 0.1) is 0 Å². The van der Waals surface area contributed by atoms with Crippen molar-refractivity contribution in [1.82, 2.24) is 10.2 Å². The lowest BCUT2D eigenvalue weighted by Crippen LogP contribution is -2.52. The van der Waals surface area contributed by atoms with Gasteiger partial charge in [-0.2, -0.15) is 0 Å². The van der Waals surface area contributed by atoms with Crippen molar-refractivity contribution < 1.29 is 18.0 Å². The molecule has 180 valence electrons. The largest absolute Gasteiger partial charge is 0.352 e. The van der Waals surface area contributed by atoms with E-state index in [1.165, 1.54) is 4.90 Å². The van der Waals surface area contributed by atoms with Crippen LogP contribution in [0.4, 0.5) is 5.69 Å². The highest BCUT2D eigenvalue weighted by Crippen LogP contribution is 2.25. The second kappa shape index (κ2) is 11.5. The fourth-order valence-corrected chi connectivity index (χ4v) is 4.52. The molecule has 2 rings (SSSR count). The summed E-state index contributed by atoms with van der Waals surface area (Å²) in [5.41, 5.74) is 1.92. The number of anilines is 1. The van der Waals surface area contributed by atoms with Crippen LogP contribution in [0.25, 0.3) is 0 Å². The van der Waals surface area contributed by atoms with Gasteiger partial charge in [-0.15, -0.1) is 0 Å². The molecule has 7 nitrogen and oxygen atoms in total. The van der Waals surface area contributed by atoms with Crippen LogP contribution >= 0.6 is 11.6 Å². The molecule has 0 unspecified atom stereocenters. The van der Waals surface area contributed by atoms with E-state index in [0.29, 0.717) is 22.7 Å². The molecule has 0 saturated carbocycles. The summed E-state index contributed by atoms with van der Waals surface area (Å²) < 4.78 is 26.4. The molecule has 2 amide bonds. The Balaban J connectivity index is 2.44. The molecule has 0 aliphatic heterocycles. The van der Waals surface area contributed by atoms with Gasteiger partial charge in [-0.3, -0.25) is 13.9 Å². The van der Waals surface area contributed by atoms with Crippen molar-refractivity contribution in [1.29, 1.82) is 0 Å². The Morgan fingerprint density at radius 1 is 1.00 bits per heavy atom. The molecule has 0 bridgehead atoms. The molecule has 0 heterocycles. The van der Waals surface area contributed by atoms with Crippen LogP contribution in [0.3, 0.4) is 0 Å². The van der Waals surface area contributed by atoms with Gasteiger partial charge in [0.05, 0.1) is 11.9 Å². The number of benzene rings is 2. The van der Waals surface area contributed by atoms with Crippen LogP contribution in [0.1, 0.15) is 38.8 Å². The van der Waals surface area contributed by atoms with E-state index >= 15 is 0 Å². The molecule has 9 heteroatoms. The van der Waals surface area contributed by atoms with Crippen LogP contribution in [-0.2, 0) is 32.6 Å². The van der Waals surface area contributed by atoms with Gasteiger partial charge in [0.1, 0.15) is 12.6 Å². The van der Waals surface area contributed by atoms with Crippen molar-refractivity contribution in [2.45, 2.75) is 52.7 Å². The second-order valence-electron chi connectivity index (χ2n) is 8.20. The normalized spacial score (nSPS) is 12.3. The fourth-order valence-electron chi connectivity index (χ4n) is 3.45. The number of hydrogen-bond donors (Lipinski definition) is 1. The van der Waals surface area contributed by atoms with Crippen LogP contribution in [0.15, 0.2) is 48.5 Å². The van der Waals surface area contributed by atoms with E-state index in [2.05, 4.69) is 5.32 Å². The number of halogens is 1. The van der Waals surface area contributed by atoms with Crippen LogP contribution in [-0.4, -0.2) is 50.0 Å². The first-order valence-electron chi connectivity index (χ1n) is 10.8. The molecular formula is C24H32ClN3O4S. The highest BCUT2D eigenvalue weighted by molar-refractivity contribution is 7.92. The van der Waals surface area contributed by atoms with Gasteiger partial charge in [0.2, 0.25) is 21.8 Å². The summed E-state index contributed by atoms with van der Waals surface area (Å²) >= 11 is 6.31. The lowest BCUT2D eigenvalue weighted by molar-refractivity contribution is -0.139. The molecular weight excluding hydrogens is 462 g/mol. The Morgan fingerprint density at radius 2 is 1.58 bits per heavy atom. The van der Waals surface area contributed by atoms with Crippen LogP contribution < -0.4 is 9.62 Å². The van der Waals surface area contributed by atoms with Gasteiger partial charge in [-0.1, -0.05) is 54.9 Å². The zero-order chi connectivity index (χ0) is 24.8. The van der Waals surface area contributed by atoms with Crippen molar-refractivity contribution in [3.05, 3.63) is 64.7 Å². The monoisotopic (exact) mass is 493 g/mol. The highest BCUT2D eigenvalue weighted by atomic mass is 35.5. The summed E-state index contributed by atoms with van der Waals surface area (Å²) in [5.74, 6) is -0.831. The van der Waals surface area contributed by atoms with Gasteiger partial charge in [-0.25, -0.2) is 8.42 Å². The summed E-state index contributed by atoms with van der Waals surface area (Å²) in [5, 5.41) is 3.28. The Bertz CT molecular complexity index is 1090. The van der Waals surface area contributed by atoms with E-state index in [1.807, 2.05) is 32.9 Å². The first-order valence-corrected chi connectivity index (χ1v) is 13.1. The average molecular weight is 494 g/mol. The minimum Gasteiger partial charge on any atom is -0.352 e. The van der Waals surface area contributed by atoms with Crippen LogP contribution in [0.5, 0.6) is 0 Å². The van der Waals surface area contributed by atoms with E-state index < -0.39 is 28.5 Å². The van der Waals surface area contributed by atoms with Gasteiger partial charge in [0.25, 0.3) is 0 Å². The summed E-state index contributed by atoms with van der Waals surface area (Å²) in [7, 11) is -3.77. The zero-order valence-corrected chi connectivity index (χ0v) is 21.3. The van der Waals surface area contributed by atoms with Gasteiger partial charge >= 0.3 is 0 Å². The Morgan fingerprint density at radius 3 is 2.12 bits per heavy atom. The maximum atomic E-state index is 13.5. The van der Waals surface area contributed by atoms with Crippen LogP contribution in [0.2, 0.25) is 5.02 Å². The highest BCUT2D eigenvalue weighted by Gasteiger charge is 2.31. The smallest absolute Gasteiger partial charge is 0.244 e. The van der Waals surface area contributed by atoms with Gasteiger partial charge < -0.3 is 10.2 Å². The van der Waals surface area contributed by atoms with E-state index in [9.17, 15) is 18.0 Å². The number of carbonyl (C=O) groups is 2. The number of nitrogens with zero attached hydrogens (tertiary/aromatic N) is 2. The maximum absolute atomic E-state index is 13.5. The number of nitrogens with one attached hydrogen (secondary N) is 1. The van der Waals surface area contributed by atoms with Crippen molar-refractivity contribution in [2.24, 2.45) is 0 Å². The average Bonchev–Trinajstić information content (AvgIpc) is 2.75. The lowest BCUT2D eigenvalue weighted by atomic mass is 10.1. The second-order valence-corrected chi connectivity index (χ2v) is 10.5. The van der Waals surface area contributed by atoms with Gasteiger partial charge in [-0.05, 0) is 50.5 Å². The minimum absolute atomic E-state index is 0.0677. The SMILES string of the molecule is CCc1ccccc1N(CC(=O)N(Cc1ccccc1Cl)[C@@H](C)C(=O)NC(C)C)S(C)(=O)=O. The summed E-state index contributed by atoms with van der Waals surface area (Å²) in [6.45, 7) is 6.84. The third-order valence-corrected chi connectivity index (χ3v) is 6.71. The summed E-state index contributed by atoms with van der Waals surface area (Å²) in [6.07, 6.45) is 1.67. The first-order chi connectivity index (χ1) is 15.5. The van der Waals surface area contributed by atoms with E-state index in [1.54, 1.807) is 43.3 Å². The summed E-state index contributed by atoms with van der Waals surface area (Å²) in [4.78, 5) is 27.6. The standard InChI is InChI=1S/C24H32ClN3O4S/c1-6-19-11-8-10-14-22(19)28(33(5,31)32)16-23(29)27(18(4)24(30)26-17(2)3)15-20-12-7-9-13-21(20)25/h7-14,17-18H,6,15-16H2,1-5H3,(H,26,30)/t18-/m0/s1. The van der Waals surface area contributed by atoms with E-state index in [4.69, 9.17) is 11.6 Å². The molecule has 0 aliphatic rings. The van der Waals surface area contributed by atoms with Gasteiger partial charge in [0.15, 0.2) is 0 Å². The third-order valence-electron chi connectivity index (χ3n) is 5.22. The van der Waals surface area contributed by atoms with Crippen molar-refractivity contribution in [3.63, 3.8) is 0 Å². The first kappa shape index (κ1) is 26.7. The topological polar surface area (TPSA) is 86.8 Å². The predicted molar refractivity (Wildman–Crippen MR) is 133 cm³/mol. The number of rotatable bonds is 10. The van der Waals surface area contributed by atoms with E-state index in [0.717, 1.165) is 16.1 Å². The molecule has 1 N–H and O–H groups in total. The molecule has 2 aromatic carbocycles. The fraction of sp³-hybridized carbons (Fsp3) is 0.417. The van der Waals surface area contributed by atoms with Crippen molar-refractivity contribution in [2.75, 3.05) is 17.1 Å². The molecule has 0 radical (unpaired) electrons.